The van der Waals surface area contributed by atoms with E-state index in [1.807, 2.05) is 0 Å². The minimum Gasteiger partial charge on any atom is -0.252 e. The first-order chi connectivity index (χ1) is 30.6. The van der Waals surface area contributed by atoms with Crippen LogP contribution in [-0.2, 0) is 42.2 Å². The molecule has 0 aliphatic rings. The number of nitrogens with zero attached hydrogens (tertiary/aromatic N) is 2. The van der Waals surface area contributed by atoms with Crippen LogP contribution in [0.2, 0.25) is 0 Å². The molecule has 2 aromatic carbocycles. The normalized spacial score (nSPS) is 12.0. The van der Waals surface area contributed by atoms with Gasteiger partial charge in [0.1, 0.15) is 0 Å². The molecule has 3 heteroatoms. The van der Waals surface area contributed by atoms with Gasteiger partial charge in [0.25, 0.3) is 0 Å². The van der Waals surface area contributed by atoms with E-state index >= 15 is 0 Å². The topological polar surface area (TPSA) is 24.7 Å². The molecule has 0 aliphatic carbocycles. The molecule has 0 fully saturated rings. The van der Waals surface area contributed by atoms with E-state index in [-0.39, 0.29) is 16.5 Å². The van der Waals surface area contributed by atoms with Gasteiger partial charge in [0.2, 0.25) is 0 Å². The molecule has 0 heterocycles. The zero-order chi connectivity index (χ0) is 44.6. The van der Waals surface area contributed by atoms with Crippen LogP contribution in [0.25, 0.3) is 0 Å². The molecule has 2 rings (SSSR count). The van der Waals surface area contributed by atoms with Crippen LogP contribution in [0.15, 0.2) is 46.4 Å². The van der Waals surface area contributed by atoms with E-state index in [1.54, 1.807) is 0 Å². The van der Waals surface area contributed by atoms with Crippen molar-refractivity contribution in [3.8, 4) is 0 Å². The maximum Gasteiger partial charge on any atom is 0.0639 e. The van der Waals surface area contributed by atoms with Gasteiger partial charge in [0.05, 0.1) is 22.8 Å². The summed E-state index contributed by atoms with van der Waals surface area (Å²) in [5.74, 6) is 0. The van der Waals surface area contributed by atoms with Crippen LogP contribution in [0.3, 0.4) is 0 Å². The zero-order valence-electron chi connectivity index (χ0n) is 43.0. The standard InChI is InChI=1S/C60H104N2.Ni/c1-7-13-15-17-19-20-21-22-23-24-25-26-27-28-29-30-31-32-33-34-35-36-37-38-39-40-42-44-46-60(62-58-51-55(11-5)48-56(12-6)52-58)59(45-43-41-18-16-14-8-2)61-57-49-53(9-3)47-54(10-4)50-57;/h47-52H,7-46H2,1-6H3;. The number of aliphatic imine (C=N–C) groups is 2. The zero-order valence-corrected chi connectivity index (χ0v) is 43.9. The molecule has 0 bridgehead atoms. The maximum atomic E-state index is 5.51. The number of rotatable bonds is 43. The van der Waals surface area contributed by atoms with Gasteiger partial charge in [-0.15, -0.1) is 0 Å². The van der Waals surface area contributed by atoms with Crippen molar-refractivity contribution in [2.24, 2.45) is 9.98 Å². The van der Waals surface area contributed by atoms with Crippen LogP contribution in [0.4, 0.5) is 11.4 Å². The molecule has 364 valence electrons. The monoisotopic (exact) mass is 911 g/mol. The summed E-state index contributed by atoms with van der Waals surface area (Å²) in [6.07, 6.45) is 54.3. The predicted octanol–water partition coefficient (Wildman–Crippen LogP) is 20.9. The second-order valence-electron chi connectivity index (χ2n) is 19.4. The fourth-order valence-electron chi connectivity index (χ4n) is 9.31. The third-order valence-electron chi connectivity index (χ3n) is 13.6. The van der Waals surface area contributed by atoms with E-state index in [0.717, 1.165) is 49.9 Å². The van der Waals surface area contributed by atoms with Gasteiger partial charge < -0.3 is 0 Å². The Kier molecular flexibility index (Phi) is 40.4. The van der Waals surface area contributed by atoms with Crippen molar-refractivity contribution in [2.45, 2.75) is 298 Å². The quantitative estimate of drug-likeness (QED) is 0.0360. The van der Waals surface area contributed by atoms with E-state index in [0.29, 0.717) is 0 Å². The molecule has 0 saturated heterocycles. The summed E-state index contributed by atoms with van der Waals surface area (Å²) >= 11 is 0. The van der Waals surface area contributed by atoms with Gasteiger partial charge in [-0.3, -0.25) is 9.98 Å². The average molecular weight is 912 g/mol. The van der Waals surface area contributed by atoms with Crippen molar-refractivity contribution in [3.63, 3.8) is 0 Å². The number of benzene rings is 2. The Morgan fingerprint density at radius 2 is 0.460 bits per heavy atom. The summed E-state index contributed by atoms with van der Waals surface area (Å²) in [6, 6.07) is 14.1. The van der Waals surface area contributed by atoms with Gasteiger partial charge in [0, 0.05) is 16.5 Å². The van der Waals surface area contributed by atoms with Crippen LogP contribution in [0.1, 0.15) is 295 Å². The van der Waals surface area contributed by atoms with E-state index in [9.17, 15) is 0 Å². The SMILES string of the molecule is CCCCCCCCCCCCCCCCCCCCCCCCCCCCCCC(=Nc1cc(CC)cc(CC)c1)C(CCCCCCCC)=Nc1cc(CC)cc(CC)c1.[Ni]. The molecular formula is C60H104N2Ni. The van der Waals surface area contributed by atoms with Gasteiger partial charge in [-0.1, -0.05) is 259 Å². The number of unbranched alkanes of at least 4 members (excludes halogenated alkanes) is 32. The molecule has 0 N–H and O–H groups in total. The summed E-state index contributed by atoms with van der Waals surface area (Å²) in [6.45, 7) is 13.7. The molecule has 0 amide bonds. The summed E-state index contributed by atoms with van der Waals surface area (Å²) in [5.41, 5.74) is 10.3. The Hall–Kier alpha value is -1.73. The van der Waals surface area contributed by atoms with Crippen molar-refractivity contribution in [2.75, 3.05) is 0 Å². The van der Waals surface area contributed by atoms with Crippen LogP contribution in [0, 0.1) is 0 Å². The number of hydrogen-bond acceptors (Lipinski definition) is 2. The molecule has 2 aromatic rings. The first-order valence-electron chi connectivity index (χ1n) is 28.0. The summed E-state index contributed by atoms with van der Waals surface area (Å²) in [7, 11) is 0. The predicted molar refractivity (Wildman–Crippen MR) is 282 cm³/mol. The Labute approximate surface area is 404 Å². The third-order valence-corrected chi connectivity index (χ3v) is 13.6. The van der Waals surface area contributed by atoms with E-state index in [4.69, 9.17) is 9.98 Å². The molecule has 0 radical (unpaired) electrons. The van der Waals surface area contributed by atoms with Gasteiger partial charge in [0.15, 0.2) is 0 Å². The van der Waals surface area contributed by atoms with Crippen molar-refractivity contribution >= 4 is 22.8 Å². The number of aryl methyl sites for hydroxylation is 4. The summed E-state index contributed by atoms with van der Waals surface area (Å²) in [4.78, 5) is 11.0. The molecule has 63 heavy (non-hydrogen) atoms. The molecule has 0 aromatic heterocycles. The minimum absolute atomic E-state index is 0. The first kappa shape index (κ1) is 59.3. The summed E-state index contributed by atoms with van der Waals surface area (Å²) in [5, 5.41) is 0. The Morgan fingerprint density at radius 1 is 0.270 bits per heavy atom. The summed E-state index contributed by atoms with van der Waals surface area (Å²) < 4.78 is 0. The second-order valence-corrected chi connectivity index (χ2v) is 19.4. The van der Waals surface area contributed by atoms with E-state index in [2.05, 4.69) is 77.9 Å². The largest absolute Gasteiger partial charge is 0.252 e. The van der Waals surface area contributed by atoms with Crippen LogP contribution in [-0.4, -0.2) is 11.4 Å². The van der Waals surface area contributed by atoms with Gasteiger partial charge in [-0.05, 0) is 97.9 Å². The maximum absolute atomic E-state index is 5.51. The van der Waals surface area contributed by atoms with E-state index < -0.39 is 0 Å². The van der Waals surface area contributed by atoms with Gasteiger partial charge >= 0.3 is 0 Å². The van der Waals surface area contributed by atoms with Gasteiger partial charge in [-0.2, -0.15) is 0 Å². The smallest absolute Gasteiger partial charge is 0.0639 e. The second kappa shape index (κ2) is 42.9. The van der Waals surface area contributed by atoms with Crippen LogP contribution >= 0.6 is 0 Å². The van der Waals surface area contributed by atoms with Crippen molar-refractivity contribution in [1.29, 1.82) is 0 Å². The average Bonchev–Trinajstić information content (AvgIpc) is 3.29. The van der Waals surface area contributed by atoms with E-state index in [1.165, 1.54) is 252 Å². The molecule has 0 spiro atoms. The molecule has 0 unspecified atom stereocenters. The fraction of sp³-hybridized carbons (Fsp3) is 0.767. The Bertz CT molecular complexity index is 1350. The Balaban J connectivity index is 0.0000198. The van der Waals surface area contributed by atoms with Crippen LogP contribution < -0.4 is 0 Å². The fourth-order valence-corrected chi connectivity index (χ4v) is 9.31. The van der Waals surface area contributed by atoms with Crippen molar-refractivity contribution in [3.05, 3.63) is 58.7 Å². The third kappa shape index (κ3) is 31.8. The minimum atomic E-state index is 0. The molecule has 0 saturated carbocycles. The Morgan fingerprint density at radius 3 is 0.651 bits per heavy atom. The molecule has 0 atom stereocenters. The first-order valence-corrected chi connectivity index (χ1v) is 28.0. The van der Waals surface area contributed by atoms with Crippen molar-refractivity contribution < 1.29 is 16.5 Å². The number of hydrogen-bond donors (Lipinski definition) is 0. The van der Waals surface area contributed by atoms with Crippen molar-refractivity contribution in [1.82, 2.24) is 0 Å². The molecular weight excluding hydrogens is 807 g/mol. The van der Waals surface area contributed by atoms with Crippen LogP contribution in [0.5, 0.6) is 0 Å². The molecule has 2 nitrogen and oxygen atoms in total. The van der Waals surface area contributed by atoms with Gasteiger partial charge in [-0.25, -0.2) is 0 Å². The molecule has 0 aliphatic heterocycles.